The van der Waals surface area contributed by atoms with Gasteiger partial charge >= 0.3 is 11.9 Å². The molecule has 3 aromatic rings. The van der Waals surface area contributed by atoms with E-state index < -0.39 is 22.5 Å². The molecule has 8 heteroatoms. The van der Waals surface area contributed by atoms with Gasteiger partial charge in [0.1, 0.15) is 6.61 Å². The van der Waals surface area contributed by atoms with Crippen molar-refractivity contribution in [3.63, 3.8) is 0 Å². The molecule has 0 spiro atoms. The predicted octanol–water partition coefficient (Wildman–Crippen LogP) is 3.68. The van der Waals surface area contributed by atoms with Crippen LogP contribution in [0.15, 0.2) is 54.7 Å². The number of esters is 2. The summed E-state index contributed by atoms with van der Waals surface area (Å²) in [6, 6.07) is 12.5. The van der Waals surface area contributed by atoms with Crippen LogP contribution in [0.4, 0.5) is 5.69 Å². The van der Waals surface area contributed by atoms with Crippen molar-refractivity contribution < 1.29 is 24.0 Å². The summed E-state index contributed by atoms with van der Waals surface area (Å²) in [7, 11) is 0. The van der Waals surface area contributed by atoms with Crippen LogP contribution in [-0.2, 0) is 16.1 Å². The summed E-state index contributed by atoms with van der Waals surface area (Å²) in [5, 5.41) is 12.0. The highest BCUT2D eigenvalue weighted by Gasteiger charge is 2.19. The molecule has 0 fully saturated rings. The van der Waals surface area contributed by atoms with E-state index in [1.807, 2.05) is 18.2 Å². The second-order valence-electron chi connectivity index (χ2n) is 5.81. The largest absolute Gasteiger partial charge is 0.462 e. The van der Waals surface area contributed by atoms with Crippen LogP contribution < -0.4 is 0 Å². The molecule has 0 atom stereocenters. The van der Waals surface area contributed by atoms with Crippen molar-refractivity contribution in [3.05, 3.63) is 81.5 Å². The number of hydrogen-bond acceptors (Lipinski definition) is 7. The van der Waals surface area contributed by atoms with Crippen LogP contribution in [0.5, 0.6) is 0 Å². The summed E-state index contributed by atoms with van der Waals surface area (Å²) in [5.74, 6) is -1.54. The molecule has 1 heterocycles. The number of hydrogen-bond donors (Lipinski definition) is 0. The molecular weight excluding hydrogens is 364 g/mol. The van der Waals surface area contributed by atoms with E-state index in [0.717, 1.165) is 17.5 Å². The summed E-state index contributed by atoms with van der Waals surface area (Å²) in [6.07, 6.45) is 1.64. The number of nitro groups is 1. The van der Waals surface area contributed by atoms with Gasteiger partial charge in [-0.3, -0.25) is 15.1 Å². The van der Waals surface area contributed by atoms with Crippen LogP contribution in [0.25, 0.3) is 10.9 Å². The van der Waals surface area contributed by atoms with Gasteiger partial charge in [0.15, 0.2) is 0 Å². The number of nitro benzene ring substituents is 1. The van der Waals surface area contributed by atoms with Gasteiger partial charge in [0, 0.05) is 29.3 Å². The molecule has 0 aliphatic heterocycles. The molecular formula is C20H16N2O6. The fraction of sp³-hybridized carbons (Fsp3) is 0.150. The molecule has 0 aliphatic carbocycles. The number of carbonyl (C=O) groups excluding carboxylic acids is 2. The number of para-hydroxylation sites is 1. The van der Waals surface area contributed by atoms with E-state index in [2.05, 4.69) is 4.98 Å². The smallest absolute Gasteiger partial charge is 0.338 e. The van der Waals surface area contributed by atoms with Gasteiger partial charge in [0.2, 0.25) is 0 Å². The number of nitrogens with zero attached hydrogens (tertiary/aromatic N) is 2. The Kier molecular flexibility index (Phi) is 5.59. The maximum atomic E-state index is 12.4. The summed E-state index contributed by atoms with van der Waals surface area (Å²) in [5.41, 5.74) is 0.802. The molecule has 0 N–H and O–H groups in total. The van der Waals surface area contributed by atoms with Gasteiger partial charge in [-0.2, -0.15) is 0 Å². The number of aromatic nitrogens is 1. The molecule has 0 saturated heterocycles. The van der Waals surface area contributed by atoms with E-state index in [-0.39, 0.29) is 24.3 Å². The van der Waals surface area contributed by atoms with Crippen molar-refractivity contribution in [1.29, 1.82) is 0 Å². The minimum absolute atomic E-state index is 0.0649. The van der Waals surface area contributed by atoms with Gasteiger partial charge in [0.25, 0.3) is 5.69 Å². The van der Waals surface area contributed by atoms with E-state index >= 15 is 0 Å². The number of ether oxygens (including phenoxy) is 2. The zero-order chi connectivity index (χ0) is 20.1. The molecule has 1 aromatic heterocycles. The highest BCUT2D eigenvalue weighted by atomic mass is 16.6. The van der Waals surface area contributed by atoms with Gasteiger partial charge in [-0.15, -0.1) is 0 Å². The third kappa shape index (κ3) is 4.12. The summed E-state index contributed by atoms with van der Waals surface area (Å²) in [6.45, 7) is 1.66. The normalized spacial score (nSPS) is 10.5. The molecule has 0 saturated carbocycles. The van der Waals surface area contributed by atoms with E-state index in [9.17, 15) is 19.7 Å². The Labute approximate surface area is 159 Å². The molecule has 2 aromatic carbocycles. The molecule has 3 rings (SSSR count). The van der Waals surface area contributed by atoms with Crippen molar-refractivity contribution in [2.75, 3.05) is 6.61 Å². The number of non-ortho nitro benzene ring substituents is 1. The van der Waals surface area contributed by atoms with Gasteiger partial charge in [-0.05, 0) is 19.1 Å². The Hall–Kier alpha value is -3.81. The highest BCUT2D eigenvalue weighted by Crippen LogP contribution is 2.21. The zero-order valence-corrected chi connectivity index (χ0v) is 15.0. The average molecular weight is 380 g/mol. The Bertz CT molecular complexity index is 1060. The summed E-state index contributed by atoms with van der Waals surface area (Å²) < 4.78 is 10.2. The number of carbonyl (C=O) groups is 2. The van der Waals surface area contributed by atoms with Crippen LogP contribution in [0.1, 0.15) is 33.2 Å². The first-order valence-electron chi connectivity index (χ1n) is 8.46. The topological polar surface area (TPSA) is 109 Å². The van der Waals surface area contributed by atoms with E-state index in [1.165, 1.54) is 6.07 Å². The molecule has 28 heavy (non-hydrogen) atoms. The predicted molar refractivity (Wildman–Crippen MR) is 99.9 cm³/mol. The Morgan fingerprint density at radius 1 is 1.04 bits per heavy atom. The van der Waals surface area contributed by atoms with Crippen molar-refractivity contribution in [2.24, 2.45) is 0 Å². The van der Waals surface area contributed by atoms with Crippen LogP contribution in [-0.4, -0.2) is 28.5 Å². The van der Waals surface area contributed by atoms with Crippen molar-refractivity contribution in [1.82, 2.24) is 4.98 Å². The lowest BCUT2D eigenvalue weighted by molar-refractivity contribution is -0.384. The monoisotopic (exact) mass is 380 g/mol. The summed E-state index contributed by atoms with van der Waals surface area (Å²) >= 11 is 0. The van der Waals surface area contributed by atoms with Crippen LogP contribution >= 0.6 is 0 Å². The van der Waals surface area contributed by atoms with Crippen molar-refractivity contribution in [3.8, 4) is 0 Å². The Morgan fingerprint density at radius 3 is 2.39 bits per heavy atom. The first kappa shape index (κ1) is 19.0. The third-order valence-electron chi connectivity index (χ3n) is 3.95. The molecule has 142 valence electrons. The molecule has 0 aliphatic rings. The van der Waals surface area contributed by atoms with Crippen LogP contribution in [0.3, 0.4) is 0 Å². The minimum Gasteiger partial charge on any atom is -0.462 e. The van der Waals surface area contributed by atoms with Crippen molar-refractivity contribution >= 4 is 28.5 Å². The molecule has 0 radical (unpaired) electrons. The molecule has 0 bridgehead atoms. The lowest BCUT2D eigenvalue weighted by Gasteiger charge is -2.08. The third-order valence-corrected chi connectivity index (χ3v) is 3.95. The zero-order valence-electron chi connectivity index (χ0n) is 15.0. The number of fused-ring (bicyclic) bond motifs is 1. The summed E-state index contributed by atoms with van der Waals surface area (Å²) in [4.78, 5) is 39.1. The Balaban J connectivity index is 1.85. The van der Waals surface area contributed by atoms with E-state index in [0.29, 0.717) is 11.1 Å². The average Bonchev–Trinajstić information content (AvgIpc) is 2.71. The van der Waals surface area contributed by atoms with Gasteiger partial charge < -0.3 is 9.47 Å². The minimum atomic E-state index is -0.790. The molecule has 0 amide bonds. The standard InChI is InChI=1S/C20H16N2O6/c1-2-27-19(23)15-9-16(11-17(10-15)22(25)26)20(24)28-12-14-6-3-5-13-7-4-8-21-18(13)14/h3-11H,2,12H2,1H3. The fourth-order valence-corrected chi connectivity index (χ4v) is 2.68. The number of rotatable bonds is 6. The maximum Gasteiger partial charge on any atom is 0.338 e. The van der Waals surface area contributed by atoms with Crippen molar-refractivity contribution in [2.45, 2.75) is 13.5 Å². The molecule has 8 nitrogen and oxygen atoms in total. The van der Waals surface area contributed by atoms with E-state index in [4.69, 9.17) is 9.47 Å². The van der Waals surface area contributed by atoms with Crippen LogP contribution in [0, 0.1) is 10.1 Å². The number of pyridine rings is 1. The quantitative estimate of drug-likeness (QED) is 0.364. The van der Waals surface area contributed by atoms with Gasteiger partial charge in [0.05, 0.1) is 28.2 Å². The first-order valence-corrected chi connectivity index (χ1v) is 8.46. The first-order chi connectivity index (χ1) is 13.5. The second-order valence-corrected chi connectivity index (χ2v) is 5.81. The Morgan fingerprint density at radius 2 is 1.71 bits per heavy atom. The number of benzene rings is 2. The van der Waals surface area contributed by atoms with Gasteiger partial charge in [-0.1, -0.05) is 24.3 Å². The van der Waals surface area contributed by atoms with Gasteiger partial charge in [-0.25, -0.2) is 9.59 Å². The molecule has 0 unspecified atom stereocenters. The lowest BCUT2D eigenvalue weighted by atomic mass is 10.1. The second kappa shape index (κ2) is 8.26. The SMILES string of the molecule is CCOC(=O)c1cc(C(=O)OCc2cccc3cccnc23)cc([N+](=O)[O-])c1. The van der Waals surface area contributed by atoms with Crippen LogP contribution in [0.2, 0.25) is 0 Å². The van der Waals surface area contributed by atoms with E-state index in [1.54, 1.807) is 25.3 Å². The lowest BCUT2D eigenvalue weighted by Crippen LogP contribution is -2.10. The highest BCUT2D eigenvalue weighted by molar-refractivity contribution is 5.96. The maximum absolute atomic E-state index is 12.4. The fourth-order valence-electron chi connectivity index (χ4n) is 2.68.